The van der Waals surface area contributed by atoms with Gasteiger partial charge in [-0.2, -0.15) is 0 Å². The number of anilines is 2. The number of hydrogen-bond donors (Lipinski definition) is 2. The standard InChI is InChI=1S/C17H15IN2O2/c1-3-16(21)19-13-7-4-6-12(10-13)17(22)20-15-9-5-8-14(18)11(15)2/h3-10H,1H2,2H3,(H,19,21)(H,20,22). The highest BCUT2D eigenvalue weighted by Gasteiger charge is 2.10. The Morgan fingerprint density at radius 1 is 1.14 bits per heavy atom. The summed E-state index contributed by atoms with van der Waals surface area (Å²) in [5.41, 5.74) is 2.82. The molecule has 0 spiro atoms. The maximum atomic E-state index is 12.3. The number of amides is 2. The van der Waals surface area contributed by atoms with E-state index in [0.717, 1.165) is 14.8 Å². The first-order chi connectivity index (χ1) is 10.5. The van der Waals surface area contributed by atoms with Crippen LogP contribution in [0.15, 0.2) is 55.1 Å². The van der Waals surface area contributed by atoms with Crippen LogP contribution in [0.25, 0.3) is 0 Å². The van der Waals surface area contributed by atoms with Gasteiger partial charge in [0.05, 0.1) is 0 Å². The second-order valence-corrected chi connectivity index (χ2v) is 5.80. The summed E-state index contributed by atoms with van der Waals surface area (Å²) in [5.74, 6) is -0.536. The number of benzene rings is 2. The van der Waals surface area contributed by atoms with Gasteiger partial charge in [-0.1, -0.05) is 18.7 Å². The maximum Gasteiger partial charge on any atom is 0.255 e. The van der Waals surface area contributed by atoms with Gasteiger partial charge in [-0.05, 0) is 71.5 Å². The van der Waals surface area contributed by atoms with Crippen molar-refractivity contribution in [2.45, 2.75) is 6.92 Å². The van der Waals surface area contributed by atoms with Crippen molar-refractivity contribution in [3.05, 3.63) is 69.8 Å². The van der Waals surface area contributed by atoms with Crippen LogP contribution in [0.4, 0.5) is 11.4 Å². The average Bonchev–Trinajstić information content (AvgIpc) is 2.52. The van der Waals surface area contributed by atoms with Gasteiger partial charge in [0.1, 0.15) is 0 Å². The van der Waals surface area contributed by atoms with Crippen LogP contribution in [-0.2, 0) is 4.79 Å². The third-order valence-corrected chi connectivity index (χ3v) is 4.26. The first-order valence-electron chi connectivity index (χ1n) is 6.61. The van der Waals surface area contributed by atoms with Gasteiger partial charge in [-0.15, -0.1) is 0 Å². The summed E-state index contributed by atoms with van der Waals surface area (Å²) < 4.78 is 1.09. The lowest BCUT2D eigenvalue weighted by Gasteiger charge is -2.10. The molecule has 0 bridgehead atoms. The van der Waals surface area contributed by atoms with Crippen LogP contribution in [0.1, 0.15) is 15.9 Å². The van der Waals surface area contributed by atoms with E-state index in [-0.39, 0.29) is 11.8 Å². The molecule has 0 saturated carbocycles. The van der Waals surface area contributed by atoms with Gasteiger partial charge in [0.25, 0.3) is 5.91 Å². The molecule has 2 amide bonds. The Balaban J connectivity index is 2.19. The fraction of sp³-hybridized carbons (Fsp3) is 0.0588. The Bertz CT molecular complexity index is 741. The van der Waals surface area contributed by atoms with E-state index in [1.165, 1.54) is 6.08 Å². The number of halogens is 1. The predicted octanol–water partition coefficient (Wildman–Crippen LogP) is 3.98. The minimum atomic E-state index is -0.314. The first-order valence-corrected chi connectivity index (χ1v) is 7.69. The zero-order valence-electron chi connectivity index (χ0n) is 12.0. The van der Waals surface area contributed by atoms with E-state index in [1.807, 2.05) is 25.1 Å². The van der Waals surface area contributed by atoms with Crippen LogP contribution >= 0.6 is 22.6 Å². The van der Waals surface area contributed by atoms with E-state index in [9.17, 15) is 9.59 Å². The van der Waals surface area contributed by atoms with Crippen molar-refractivity contribution in [2.75, 3.05) is 10.6 Å². The molecule has 4 nitrogen and oxygen atoms in total. The third kappa shape index (κ3) is 3.94. The molecule has 22 heavy (non-hydrogen) atoms. The van der Waals surface area contributed by atoms with Crippen LogP contribution in [0.3, 0.4) is 0 Å². The molecule has 0 saturated heterocycles. The highest BCUT2D eigenvalue weighted by atomic mass is 127. The highest BCUT2D eigenvalue weighted by Crippen LogP contribution is 2.21. The van der Waals surface area contributed by atoms with Gasteiger partial charge < -0.3 is 10.6 Å². The van der Waals surface area contributed by atoms with Crippen molar-refractivity contribution < 1.29 is 9.59 Å². The molecule has 0 aromatic heterocycles. The van der Waals surface area contributed by atoms with Crippen LogP contribution in [0.5, 0.6) is 0 Å². The lowest BCUT2D eigenvalue weighted by molar-refractivity contribution is -0.111. The summed E-state index contributed by atoms with van der Waals surface area (Å²) in [5, 5.41) is 5.52. The SMILES string of the molecule is C=CC(=O)Nc1cccc(C(=O)Nc2cccc(I)c2C)c1. The van der Waals surface area contributed by atoms with E-state index in [2.05, 4.69) is 39.8 Å². The molecule has 5 heteroatoms. The molecule has 0 heterocycles. The Kier molecular flexibility index (Phi) is 5.32. The summed E-state index contributed by atoms with van der Waals surface area (Å²) in [6, 6.07) is 12.5. The van der Waals surface area contributed by atoms with E-state index < -0.39 is 0 Å². The zero-order chi connectivity index (χ0) is 16.1. The second kappa shape index (κ2) is 7.22. The number of hydrogen-bond acceptors (Lipinski definition) is 2. The fourth-order valence-electron chi connectivity index (χ4n) is 1.87. The molecule has 0 radical (unpaired) electrons. The topological polar surface area (TPSA) is 58.2 Å². The number of nitrogens with one attached hydrogen (secondary N) is 2. The summed E-state index contributed by atoms with van der Waals surface area (Å²) in [6.45, 7) is 5.35. The first kappa shape index (κ1) is 16.2. The Morgan fingerprint density at radius 2 is 1.86 bits per heavy atom. The Hall–Kier alpha value is -2.15. The van der Waals surface area contributed by atoms with Crippen molar-refractivity contribution in [2.24, 2.45) is 0 Å². The van der Waals surface area contributed by atoms with Crippen molar-refractivity contribution in [1.29, 1.82) is 0 Å². The van der Waals surface area contributed by atoms with Crippen molar-refractivity contribution in [3.8, 4) is 0 Å². The molecule has 0 aliphatic carbocycles. The highest BCUT2D eigenvalue weighted by molar-refractivity contribution is 14.1. The Labute approximate surface area is 142 Å². The van der Waals surface area contributed by atoms with Crippen LogP contribution in [-0.4, -0.2) is 11.8 Å². The van der Waals surface area contributed by atoms with Gasteiger partial charge >= 0.3 is 0 Å². The zero-order valence-corrected chi connectivity index (χ0v) is 14.2. The quantitative estimate of drug-likeness (QED) is 0.596. The normalized spacial score (nSPS) is 9.91. The summed E-state index contributed by atoms with van der Waals surface area (Å²) in [6.07, 6.45) is 1.18. The van der Waals surface area contributed by atoms with Crippen LogP contribution in [0.2, 0.25) is 0 Å². The van der Waals surface area contributed by atoms with Crippen LogP contribution in [0, 0.1) is 10.5 Å². The van der Waals surface area contributed by atoms with Crippen LogP contribution < -0.4 is 10.6 Å². The number of carbonyl (C=O) groups is 2. The van der Waals surface area contributed by atoms with E-state index in [0.29, 0.717) is 11.3 Å². The van der Waals surface area contributed by atoms with E-state index >= 15 is 0 Å². The monoisotopic (exact) mass is 406 g/mol. The van der Waals surface area contributed by atoms with Crippen molar-refractivity contribution in [1.82, 2.24) is 0 Å². The smallest absolute Gasteiger partial charge is 0.255 e. The average molecular weight is 406 g/mol. The predicted molar refractivity (Wildman–Crippen MR) is 97.1 cm³/mol. The van der Waals surface area contributed by atoms with Crippen molar-refractivity contribution >= 4 is 45.8 Å². The fourth-order valence-corrected chi connectivity index (χ4v) is 2.37. The minimum Gasteiger partial charge on any atom is -0.323 e. The van der Waals surface area contributed by atoms with Gasteiger partial charge in [0, 0.05) is 20.5 Å². The lowest BCUT2D eigenvalue weighted by Crippen LogP contribution is -2.14. The molecule has 0 aliphatic heterocycles. The molecule has 2 rings (SSSR count). The van der Waals surface area contributed by atoms with Gasteiger partial charge in [-0.25, -0.2) is 0 Å². The van der Waals surface area contributed by atoms with Gasteiger partial charge in [0.15, 0.2) is 0 Å². The number of rotatable bonds is 4. The van der Waals surface area contributed by atoms with Gasteiger partial charge in [0.2, 0.25) is 5.91 Å². The lowest BCUT2D eigenvalue weighted by atomic mass is 10.1. The molecule has 112 valence electrons. The van der Waals surface area contributed by atoms with Gasteiger partial charge in [-0.3, -0.25) is 9.59 Å². The molecule has 0 atom stereocenters. The maximum absolute atomic E-state index is 12.3. The number of carbonyl (C=O) groups excluding carboxylic acids is 2. The summed E-state index contributed by atoms with van der Waals surface area (Å²) in [7, 11) is 0. The summed E-state index contributed by atoms with van der Waals surface area (Å²) in [4.78, 5) is 23.6. The van der Waals surface area contributed by atoms with E-state index in [1.54, 1.807) is 24.3 Å². The molecule has 2 aromatic rings. The molecule has 0 fully saturated rings. The van der Waals surface area contributed by atoms with Crippen molar-refractivity contribution in [3.63, 3.8) is 0 Å². The second-order valence-electron chi connectivity index (χ2n) is 4.64. The largest absolute Gasteiger partial charge is 0.323 e. The minimum absolute atomic E-state index is 0.222. The van der Waals surface area contributed by atoms with E-state index in [4.69, 9.17) is 0 Å². The molecular formula is C17H15IN2O2. The Morgan fingerprint density at radius 3 is 2.59 bits per heavy atom. The molecule has 2 N–H and O–H groups in total. The molecular weight excluding hydrogens is 391 g/mol. The third-order valence-electron chi connectivity index (χ3n) is 3.09. The molecule has 0 unspecified atom stereocenters. The summed E-state index contributed by atoms with van der Waals surface area (Å²) >= 11 is 2.23. The molecule has 2 aromatic carbocycles. The molecule has 0 aliphatic rings.